The van der Waals surface area contributed by atoms with Gasteiger partial charge in [-0.15, -0.1) is 0 Å². The van der Waals surface area contributed by atoms with E-state index < -0.39 is 11.5 Å². The molecule has 0 radical (unpaired) electrons. The maximum Gasteiger partial charge on any atom is 0.323 e. The van der Waals surface area contributed by atoms with Crippen molar-refractivity contribution < 1.29 is 14.7 Å². The van der Waals surface area contributed by atoms with Crippen LogP contribution in [0.4, 0.5) is 0 Å². The normalized spacial score (nSPS) is 23.5. The second kappa shape index (κ2) is 6.18. The van der Waals surface area contributed by atoms with Gasteiger partial charge in [0.15, 0.2) is 0 Å². The quantitative estimate of drug-likeness (QED) is 0.776. The lowest BCUT2D eigenvalue weighted by atomic mass is 9.99. The molecule has 1 aliphatic rings. The molecule has 2 unspecified atom stereocenters. The van der Waals surface area contributed by atoms with Crippen LogP contribution in [0.15, 0.2) is 0 Å². The molecule has 0 saturated carbocycles. The molecule has 0 aliphatic carbocycles. The number of likely N-dealkylation sites (tertiary alicyclic amines) is 1. The second-order valence-electron chi connectivity index (χ2n) is 5.28. The summed E-state index contributed by atoms with van der Waals surface area (Å²) in [5.41, 5.74) is -1.02. The third kappa shape index (κ3) is 3.45. The Morgan fingerprint density at radius 3 is 2.61 bits per heavy atom. The molecular formula is C13H24N2O3. The van der Waals surface area contributed by atoms with Crippen LogP contribution in [0.3, 0.4) is 0 Å². The Hall–Kier alpha value is -1.10. The van der Waals surface area contributed by atoms with E-state index in [9.17, 15) is 9.59 Å². The summed E-state index contributed by atoms with van der Waals surface area (Å²) in [6, 6.07) is 0.269. The van der Waals surface area contributed by atoms with Crippen LogP contribution < -0.4 is 5.32 Å². The molecule has 1 aliphatic heterocycles. The lowest BCUT2D eigenvalue weighted by Crippen LogP contribution is -2.54. The van der Waals surface area contributed by atoms with Gasteiger partial charge in [0.05, 0.1) is 6.54 Å². The molecule has 2 N–H and O–H groups in total. The van der Waals surface area contributed by atoms with Crippen LogP contribution in [0.25, 0.3) is 0 Å². The molecule has 2 atom stereocenters. The smallest absolute Gasteiger partial charge is 0.323 e. The molecule has 1 fully saturated rings. The number of carboxylic acid groups (broad SMARTS) is 1. The Bertz CT molecular complexity index is 319. The van der Waals surface area contributed by atoms with Gasteiger partial charge in [-0.25, -0.2) is 0 Å². The minimum Gasteiger partial charge on any atom is -0.480 e. The zero-order valence-electron chi connectivity index (χ0n) is 11.5. The fourth-order valence-corrected chi connectivity index (χ4v) is 2.19. The summed E-state index contributed by atoms with van der Waals surface area (Å²) in [6.07, 6.45) is 3.70. The first-order chi connectivity index (χ1) is 8.40. The van der Waals surface area contributed by atoms with Gasteiger partial charge >= 0.3 is 5.97 Å². The van der Waals surface area contributed by atoms with Crippen molar-refractivity contribution in [3.05, 3.63) is 0 Å². The Kier molecular flexibility index (Phi) is 5.14. The van der Waals surface area contributed by atoms with Gasteiger partial charge < -0.3 is 10.0 Å². The number of carboxylic acids is 1. The highest BCUT2D eigenvalue weighted by Crippen LogP contribution is 2.16. The van der Waals surface area contributed by atoms with Crippen molar-refractivity contribution in [3.63, 3.8) is 0 Å². The molecule has 1 amide bonds. The van der Waals surface area contributed by atoms with E-state index in [1.54, 1.807) is 13.8 Å². The largest absolute Gasteiger partial charge is 0.480 e. The van der Waals surface area contributed by atoms with E-state index in [0.717, 1.165) is 19.4 Å². The molecule has 0 aromatic heterocycles. The maximum absolute atomic E-state index is 12.1. The number of aliphatic carboxylic acids is 1. The number of nitrogens with one attached hydrogen (secondary N) is 1. The van der Waals surface area contributed by atoms with E-state index >= 15 is 0 Å². The van der Waals surface area contributed by atoms with Gasteiger partial charge in [0, 0.05) is 12.6 Å². The van der Waals surface area contributed by atoms with Crippen LogP contribution >= 0.6 is 0 Å². The second-order valence-corrected chi connectivity index (χ2v) is 5.28. The van der Waals surface area contributed by atoms with Gasteiger partial charge in [0.2, 0.25) is 5.91 Å². The number of amides is 1. The average Bonchev–Trinajstić information content (AvgIpc) is 2.35. The van der Waals surface area contributed by atoms with E-state index in [0.29, 0.717) is 6.42 Å². The Morgan fingerprint density at radius 1 is 1.44 bits per heavy atom. The molecule has 0 spiro atoms. The SMILES string of the molecule is CCC(C)(NCC(=O)N1CCCCC1C)C(=O)O. The Labute approximate surface area is 109 Å². The predicted octanol–water partition coefficient (Wildman–Crippen LogP) is 1.23. The van der Waals surface area contributed by atoms with Crippen LogP contribution in [-0.4, -0.2) is 46.6 Å². The van der Waals surface area contributed by atoms with Crippen molar-refractivity contribution >= 4 is 11.9 Å². The first-order valence-corrected chi connectivity index (χ1v) is 6.68. The molecule has 1 rings (SSSR count). The summed E-state index contributed by atoms with van der Waals surface area (Å²) < 4.78 is 0. The number of rotatable bonds is 5. The molecule has 0 aromatic rings. The van der Waals surface area contributed by atoms with Crippen molar-refractivity contribution in [2.75, 3.05) is 13.1 Å². The Morgan fingerprint density at radius 2 is 2.11 bits per heavy atom. The minimum atomic E-state index is -1.02. The van der Waals surface area contributed by atoms with Crippen LogP contribution in [-0.2, 0) is 9.59 Å². The first kappa shape index (κ1) is 15.0. The van der Waals surface area contributed by atoms with E-state index in [4.69, 9.17) is 5.11 Å². The van der Waals surface area contributed by atoms with Crippen molar-refractivity contribution in [2.24, 2.45) is 0 Å². The number of hydrogen-bond acceptors (Lipinski definition) is 3. The van der Waals surface area contributed by atoms with Crippen LogP contribution in [0.2, 0.25) is 0 Å². The molecular weight excluding hydrogens is 232 g/mol. The third-order valence-corrected chi connectivity index (χ3v) is 3.93. The molecule has 5 nitrogen and oxygen atoms in total. The standard InChI is InChI=1S/C13H24N2O3/c1-4-13(3,12(17)18)14-9-11(16)15-8-6-5-7-10(15)2/h10,14H,4-9H2,1-3H3,(H,17,18). The molecule has 18 heavy (non-hydrogen) atoms. The zero-order valence-corrected chi connectivity index (χ0v) is 11.5. The molecule has 5 heteroatoms. The highest BCUT2D eigenvalue weighted by Gasteiger charge is 2.32. The summed E-state index contributed by atoms with van der Waals surface area (Å²) in [7, 11) is 0. The topological polar surface area (TPSA) is 69.6 Å². The summed E-state index contributed by atoms with van der Waals surface area (Å²) in [6.45, 7) is 6.35. The number of carbonyl (C=O) groups excluding carboxylic acids is 1. The van der Waals surface area contributed by atoms with Crippen molar-refractivity contribution in [1.29, 1.82) is 0 Å². The van der Waals surface area contributed by atoms with Gasteiger partial charge in [-0.05, 0) is 39.5 Å². The van der Waals surface area contributed by atoms with E-state index in [1.807, 2.05) is 11.8 Å². The van der Waals surface area contributed by atoms with Gasteiger partial charge in [0.25, 0.3) is 0 Å². The molecule has 1 heterocycles. The molecule has 1 saturated heterocycles. The van der Waals surface area contributed by atoms with Crippen LogP contribution in [0, 0.1) is 0 Å². The van der Waals surface area contributed by atoms with Gasteiger partial charge in [0.1, 0.15) is 5.54 Å². The summed E-state index contributed by atoms with van der Waals surface area (Å²) in [5.74, 6) is -0.910. The van der Waals surface area contributed by atoms with Crippen molar-refractivity contribution in [3.8, 4) is 0 Å². The molecule has 0 bridgehead atoms. The maximum atomic E-state index is 12.1. The third-order valence-electron chi connectivity index (χ3n) is 3.93. The fourth-order valence-electron chi connectivity index (χ4n) is 2.19. The van der Waals surface area contributed by atoms with Crippen LogP contribution in [0.5, 0.6) is 0 Å². The zero-order chi connectivity index (χ0) is 13.8. The van der Waals surface area contributed by atoms with Gasteiger partial charge in [-0.2, -0.15) is 0 Å². The van der Waals surface area contributed by atoms with Crippen LogP contribution in [0.1, 0.15) is 46.5 Å². The molecule has 104 valence electrons. The van der Waals surface area contributed by atoms with E-state index in [2.05, 4.69) is 5.32 Å². The average molecular weight is 256 g/mol. The van der Waals surface area contributed by atoms with E-state index in [-0.39, 0.29) is 18.5 Å². The number of hydrogen-bond donors (Lipinski definition) is 2. The number of nitrogens with zero attached hydrogens (tertiary/aromatic N) is 1. The summed E-state index contributed by atoms with van der Waals surface area (Å²) >= 11 is 0. The Balaban J connectivity index is 2.52. The lowest BCUT2D eigenvalue weighted by Gasteiger charge is -2.34. The lowest BCUT2D eigenvalue weighted by molar-refractivity contribution is -0.144. The first-order valence-electron chi connectivity index (χ1n) is 6.68. The number of piperidine rings is 1. The van der Waals surface area contributed by atoms with Crippen molar-refractivity contribution in [1.82, 2.24) is 10.2 Å². The predicted molar refractivity (Wildman–Crippen MR) is 69.4 cm³/mol. The summed E-state index contributed by atoms with van der Waals surface area (Å²) in [4.78, 5) is 25.0. The van der Waals surface area contributed by atoms with Gasteiger partial charge in [-0.1, -0.05) is 6.92 Å². The highest BCUT2D eigenvalue weighted by molar-refractivity contribution is 5.82. The van der Waals surface area contributed by atoms with Gasteiger partial charge in [-0.3, -0.25) is 14.9 Å². The van der Waals surface area contributed by atoms with E-state index in [1.165, 1.54) is 6.42 Å². The molecule has 0 aromatic carbocycles. The van der Waals surface area contributed by atoms with Crippen molar-refractivity contribution in [2.45, 2.75) is 58.0 Å². The number of carbonyl (C=O) groups is 2. The summed E-state index contributed by atoms with van der Waals surface area (Å²) in [5, 5.41) is 12.0. The monoisotopic (exact) mass is 256 g/mol. The fraction of sp³-hybridized carbons (Fsp3) is 0.846. The minimum absolute atomic E-state index is 0.00289. The highest BCUT2D eigenvalue weighted by atomic mass is 16.4.